The van der Waals surface area contributed by atoms with E-state index in [9.17, 15) is 0 Å². The van der Waals surface area contributed by atoms with Crippen LogP contribution < -0.4 is 10.5 Å². The Hall–Kier alpha value is -0.740. The lowest BCUT2D eigenvalue weighted by atomic mass is 10.3. The Balaban J connectivity index is 2.49. The lowest BCUT2D eigenvalue weighted by Gasteiger charge is -2.10. The van der Waals surface area contributed by atoms with E-state index < -0.39 is 0 Å². The molecule has 78 valence electrons. The fourth-order valence-electron chi connectivity index (χ4n) is 1.02. The maximum absolute atomic E-state index is 5.74. The van der Waals surface area contributed by atoms with Crippen LogP contribution in [0.1, 0.15) is 6.92 Å². The van der Waals surface area contributed by atoms with Crippen LogP contribution in [0.5, 0.6) is 5.75 Å². The molecule has 0 saturated carbocycles. The van der Waals surface area contributed by atoms with E-state index in [1.54, 1.807) is 6.07 Å². The minimum absolute atomic E-state index is 0.515. The Bertz CT molecular complexity index is 271. The topological polar surface area (TPSA) is 44.5 Å². The van der Waals surface area contributed by atoms with E-state index in [1.165, 1.54) is 0 Å². The molecule has 3 nitrogen and oxygen atoms in total. The van der Waals surface area contributed by atoms with E-state index in [-0.39, 0.29) is 0 Å². The van der Waals surface area contributed by atoms with Gasteiger partial charge in [-0.1, -0.05) is 6.07 Å². The molecule has 0 aromatic heterocycles. The molecule has 0 heterocycles. The van der Waals surface area contributed by atoms with Crippen molar-refractivity contribution in [3.8, 4) is 5.75 Å². The van der Waals surface area contributed by atoms with Crippen molar-refractivity contribution in [2.24, 2.45) is 0 Å². The number of para-hydroxylation sites is 1. The molecule has 0 atom stereocenters. The van der Waals surface area contributed by atoms with Crippen LogP contribution in [0.25, 0.3) is 0 Å². The second-order valence-electron chi connectivity index (χ2n) is 2.70. The number of ether oxygens (including phenoxy) is 2. The van der Waals surface area contributed by atoms with Crippen molar-refractivity contribution >= 4 is 21.6 Å². The molecule has 0 aliphatic carbocycles. The molecule has 0 fully saturated rings. The lowest BCUT2D eigenvalue weighted by molar-refractivity contribution is 0.110. The zero-order valence-electron chi connectivity index (χ0n) is 8.13. The van der Waals surface area contributed by atoms with E-state index in [0.717, 1.165) is 4.47 Å². The molecule has 14 heavy (non-hydrogen) atoms. The van der Waals surface area contributed by atoms with Gasteiger partial charge in [0.15, 0.2) is 5.75 Å². The molecule has 0 bridgehead atoms. The molecule has 1 aromatic rings. The predicted octanol–water partition coefficient (Wildman–Crippen LogP) is 2.45. The first-order chi connectivity index (χ1) is 6.75. The molecular weight excluding hydrogens is 246 g/mol. The normalized spacial score (nSPS) is 10.1. The van der Waals surface area contributed by atoms with Crippen molar-refractivity contribution in [1.29, 1.82) is 0 Å². The summed E-state index contributed by atoms with van der Waals surface area (Å²) in [4.78, 5) is 0. The quantitative estimate of drug-likeness (QED) is 0.653. The summed E-state index contributed by atoms with van der Waals surface area (Å²) in [5, 5.41) is 0. The van der Waals surface area contributed by atoms with Crippen LogP contribution in [0.2, 0.25) is 0 Å². The molecule has 0 amide bonds. The first-order valence-electron chi connectivity index (χ1n) is 4.50. The monoisotopic (exact) mass is 259 g/mol. The van der Waals surface area contributed by atoms with Gasteiger partial charge in [-0.05, 0) is 35.0 Å². The zero-order valence-corrected chi connectivity index (χ0v) is 9.71. The first-order valence-corrected chi connectivity index (χ1v) is 5.29. The van der Waals surface area contributed by atoms with Gasteiger partial charge in [-0.3, -0.25) is 0 Å². The van der Waals surface area contributed by atoms with E-state index in [4.69, 9.17) is 15.2 Å². The third-order valence-corrected chi connectivity index (χ3v) is 2.30. The summed E-state index contributed by atoms with van der Waals surface area (Å²) in [7, 11) is 0. The summed E-state index contributed by atoms with van der Waals surface area (Å²) in [5.41, 5.74) is 6.38. The molecule has 1 rings (SSSR count). The molecule has 0 radical (unpaired) electrons. The Morgan fingerprint density at radius 1 is 1.36 bits per heavy atom. The Kier molecular flexibility index (Phi) is 4.76. The standard InChI is InChI=1S/C10H14BrNO2/c1-2-13-6-7-14-10-8(11)4-3-5-9(10)12/h3-5H,2,6-7,12H2,1H3. The highest BCUT2D eigenvalue weighted by Crippen LogP contribution is 2.30. The fourth-order valence-corrected chi connectivity index (χ4v) is 1.52. The van der Waals surface area contributed by atoms with Gasteiger partial charge in [0.05, 0.1) is 16.8 Å². The highest BCUT2D eigenvalue weighted by Gasteiger charge is 2.04. The van der Waals surface area contributed by atoms with Crippen LogP contribution in [0, 0.1) is 0 Å². The van der Waals surface area contributed by atoms with Gasteiger partial charge in [-0.2, -0.15) is 0 Å². The summed E-state index contributed by atoms with van der Waals surface area (Å²) < 4.78 is 11.5. The van der Waals surface area contributed by atoms with Gasteiger partial charge in [-0.25, -0.2) is 0 Å². The van der Waals surface area contributed by atoms with Crippen molar-refractivity contribution in [2.75, 3.05) is 25.6 Å². The van der Waals surface area contributed by atoms with Gasteiger partial charge in [0.25, 0.3) is 0 Å². The van der Waals surface area contributed by atoms with Gasteiger partial charge in [-0.15, -0.1) is 0 Å². The molecule has 0 aliphatic rings. The summed E-state index contributed by atoms with van der Waals surface area (Å²) in [6.07, 6.45) is 0. The van der Waals surface area contributed by atoms with Crippen molar-refractivity contribution in [1.82, 2.24) is 0 Å². The van der Waals surface area contributed by atoms with Crippen molar-refractivity contribution in [2.45, 2.75) is 6.92 Å². The Labute approximate surface area is 92.3 Å². The molecule has 0 aliphatic heterocycles. The molecule has 0 spiro atoms. The number of hydrogen-bond donors (Lipinski definition) is 1. The molecule has 0 unspecified atom stereocenters. The van der Waals surface area contributed by atoms with Gasteiger partial charge >= 0.3 is 0 Å². The minimum Gasteiger partial charge on any atom is -0.488 e. The van der Waals surface area contributed by atoms with Crippen LogP contribution in [-0.2, 0) is 4.74 Å². The number of benzene rings is 1. The summed E-state index contributed by atoms with van der Waals surface area (Å²) >= 11 is 3.37. The zero-order chi connectivity index (χ0) is 10.4. The number of rotatable bonds is 5. The summed E-state index contributed by atoms with van der Waals surface area (Å²) in [5.74, 6) is 0.687. The Morgan fingerprint density at radius 3 is 2.79 bits per heavy atom. The van der Waals surface area contributed by atoms with Crippen LogP contribution in [0.3, 0.4) is 0 Å². The third kappa shape index (κ3) is 3.20. The number of halogens is 1. The fraction of sp³-hybridized carbons (Fsp3) is 0.400. The molecule has 0 saturated heterocycles. The number of nitrogens with two attached hydrogens (primary N) is 1. The number of hydrogen-bond acceptors (Lipinski definition) is 3. The highest BCUT2D eigenvalue weighted by atomic mass is 79.9. The number of anilines is 1. The van der Waals surface area contributed by atoms with Crippen LogP contribution >= 0.6 is 15.9 Å². The summed E-state index contributed by atoms with van der Waals surface area (Å²) in [6.45, 7) is 3.75. The maximum Gasteiger partial charge on any atom is 0.156 e. The van der Waals surface area contributed by atoms with Crippen LogP contribution in [-0.4, -0.2) is 19.8 Å². The van der Waals surface area contributed by atoms with Crippen molar-refractivity contribution < 1.29 is 9.47 Å². The molecule has 4 heteroatoms. The van der Waals surface area contributed by atoms with Gasteiger partial charge < -0.3 is 15.2 Å². The lowest BCUT2D eigenvalue weighted by Crippen LogP contribution is -2.07. The molecular formula is C10H14BrNO2. The summed E-state index contributed by atoms with van der Waals surface area (Å²) in [6, 6.07) is 5.57. The number of nitrogen functional groups attached to an aromatic ring is 1. The predicted molar refractivity (Wildman–Crippen MR) is 60.5 cm³/mol. The van der Waals surface area contributed by atoms with E-state index in [1.807, 2.05) is 19.1 Å². The highest BCUT2D eigenvalue weighted by molar-refractivity contribution is 9.10. The van der Waals surface area contributed by atoms with Gasteiger partial charge in [0, 0.05) is 6.61 Å². The second kappa shape index (κ2) is 5.88. The SMILES string of the molecule is CCOCCOc1c(N)cccc1Br. The van der Waals surface area contributed by atoms with E-state index >= 15 is 0 Å². The smallest absolute Gasteiger partial charge is 0.156 e. The molecule has 2 N–H and O–H groups in total. The maximum atomic E-state index is 5.74. The van der Waals surface area contributed by atoms with E-state index in [2.05, 4.69) is 15.9 Å². The first kappa shape index (κ1) is 11.3. The van der Waals surface area contributed by atoms with Gasteiger partial charge in [0.2, 0.25) is 0 Å². The average molecular weight is 260 g/mol. The van der Waals surface area contributed by atoms with Crippen molar-refractivity contribution in [3.05, 3.63) is 22.7 Å². The minimum atomic E-state index is 0.515. The molecule has 1 aromatic carbocycles. The van der Waals surface area contributed by atoms with Crippen molar-refractivity contribution in [3.63, 3.8) is 0 Å². The van der Waals surface area contributed by atoms with Crippen LogP contribution in [0.15, 0.2) is 22.7 Å². The van der Waals surface area contributed by atoms with E-state index in [0.29, 0.717) is 31.3 Å². The Morgan fingerprint density at radius 2 is 2.14 bits per heavy atom. The average Bonchev–Trinajstić information content (AvgIpc) is 2.16. The second-order valence-corrected chi connectivity index (χ2v) is 3.56. The van der Waals surface area contributed by atoms with Gasteiger partial charge in [0.1, 0.15) is 6.61 Å². The largest absolute Gasteiger partial charge is 0.488 e. The third-order valence-electron chi connectivity index (χ3n) is 1.68. The van der Waals surface area contributed by atoms with Crippen LogP contribution in [0.4, 0.5) is 5.69 Å².